The molecule has 2 fully saturated rings. The number of ketones is 4. The van der Waals surface area contributed by atoms with Gasteiger partial charge in [0, 0.05) is 37.3 Å². The Kier molecular flexibility index (Phi) is 21.8. The van der Waals surface area contributed by atoms with Crippen molar-refractivity contribution in [1.82, 2.24) is 9.80 Å². The zero-order valence-electron chi connectivity index (χ0n) is 30.8. The Morgan fingerprint density at radius 2 is 0.957 bits per heavy atom. The fraction of sp³-hybridized carbons (Fsp3) is 0.800. The minimum atomic E-state index is -0.143. The summed E-state index contributed by atoms with van der Waals surface area (Å²) in [7, 11) is 0. The fourth-order valence-electron chi connectivity index (χ4n) is 7.13. The van der Waals surface area contributed by atoms with Gasteiger partial charge in [-0.1, -0.05) is 106 Å². The molecule has 0 aliphatic carbocycles. The molecule has 2 heterocycles. The Morgan fingerprint density at radius 1 is 0.587 bits per heavy atom. The highest BCUT2D eigenvalue weighted by Gasteiger charge is 2.30. The van der Waals surface area contributed by atoms with Crippen molar-refractivity contribution in [2.45, 2.75) is 182 Å². The molecule has 0 amide bonds. The van der Waals surface area contributed by atoms with Gasteiger partial charge in [-0.3, -0.25) is 19.2 Å². The maximum absolute atomic E-state index is 12.5. The van der Waals surface area contributed by atoms with Crippen LogP contribution < -0.4 is 0 Å². The van der Waals surface area contributed by atoms with Crippen LogP contribution in [0.4, 0.5) is 0 Å². The molecule has 2 aliphatic heterocycles. The summed E-state index contributed by atoms with van der Waals surface area (Å²) in [6.07, 6.45) is 18.4. The summed E-state index contributed by atoms with van der Waals surface area (Å²) in [6.45, 7) is 22.8. The number of rotatable bonds is 24. The van der Waals surface area contributed by atoms with Gasteiger partial charge < -0.3 is 9.80 Å². The summed E-state index contributed by atoms with van der Waals surface area (Å²) in [5.74, 6) is 1.68. The average Bonchev–Trinajstić information content (AvgIpc) is 3.66. The van der Waals surface area contributed by atoms with E-state index in [1.54, 1.807) is 0 Å². The van der Waals surface area contributed by atoms with Gasteiger partial charge in [0.2, 0.25) is 0 Å². The number of hydrogen-bond acceptors (Lipinski definition) is 6. The first kappa shape index (κ1) is 41.8. The smallest absolute Gasteiger partial charge is 0.162 e. The molecule has 0 bridgehead atoms. The first-order valence-corrected chi connectivity index (χ1v) is 19.0. The monoisotopic (exact) mass is 643 g/mol. The second kappa shape index (κ2) is 24.0. The summed E-state index contributed by atoms with van der Waals surface area (Å²) in [4.78, 5) is 53.6. The van der Waals surface area contributed by atoms with Gasteiger partial charge in [-0.25, -0.2) is 0 Å². The van der Waals surface area contributed by atoms with Gasteiger partial charge in [-0.2, -0.15) is 0 Å². The number of carbonyl (C=O) groups is 4. The predicted octanol–water partition coefficient (Wildman–Crippen LogP) is 9.80. The number of carbonyl (C=O) groups excluding carboxylic acids is 4. The largest absolute Gasteiger partial charge is 0.365 e. The molecular formula is C40H70N2O4. The average molecular weight is 643 g/mol. The molecule has 0 saturated carbocycles. The molecule has 6 heteroatoms. The number of unbranched alkanes of at least 4 members (excludes halogenated alkanes) is 2. The molecule has 0 unspecified atom stereocenters. The SMILES string of the molecule is C=C1CCCN1[C@@H](CC)C(=O)CC(=O)CC[C@@H](CC)CCCC.C=C1CCCN1[C@@H](CC)C(=O)CC(=O)CC[C@H](CC)CCCC. The van der Waals surface area contributed by atoms with Crippen LogP contribution in [0.3, 0.4) is 0 Å². The highest BCUT2D eigenvalue weighted by atomic mass is 16.2. The van der Waals surface area contributed by atoms with Crippen LogP contribution in [0.5, 0.6) is 0 Å². The van der Waals surface area contributed by atoms with Gasteiger partial charge in [0.15, 0.2) is 11.6 Å². The topological polar surface area (TPSA) is 74.8 Å². The molecule has 4 atom stereocenters. The van der Waals surface area contributed by atoms with Crippen LogP contribution in [0, 0.1) is 11.8 Å². The molecule has 0 aromatic rings. The molecule has 2 saturated heterocycles. The molecule has 0 spiro atoms. The van der Waals surface area contributed by atoms with Crippen LogP contribution >= 0.6 is 0 Å². The van der Waals surface area contributed by atoms with Crippen molar-refractivity contribution in [3.05, 3.63) is 24.6 Å². The second-order valence-corrected chi connectivity index (χ2v) is 13.8. The van der Waals surface area contributed by atoms with Crippen molar-refractivity contribution < 1.29 is 19.2 Å². The molecule has 0 radical (unpaired) electrons. The lowest BCUT2D eigenvalue weighted by Crippen LogP contribution is -2.38. The van der Waals surface area contributed by atoms with E-state index in [0.29, 0.717) is 24.7 Å². The summed E-state index contributed by atoms with van der Waals surface area (Å²) >= 11 is 0. The number of nitrogens with zero attached hydrogens (tertiary/aromatic N) is 2. The Balaban J connectivity index is 0.000000460. The summed E-state index contributed by atoms with van der Waals surface area (Å²) in [6, 6.07) is -0.285. The van der Waals surface area contributed by atoms with Crippen molar-refractivity contribution in [1.29, 1.82) is 0 Å². The van der Waals surface area contributed by atoms with E-state index in [4.69, 9.17) is 0 Å². The van der Waals surface area contributed by atoms with Crippen LogP contribution in [0.25, 0.3) is 0 Å². The highest BCUT2D eigenvalue weighted by Crippen LogP contribution is 2.26. The Labute approximate surface area is 283 Å². The normalized spacial score (nSPS) is 17.3. The molecule has 264 valence electrons. The van der Waals surface area contributed by atoms with Crippen molar-refractivity contribution in [2.24, 2.45) is 11.8 Å². The third kappa shape index (κ3) is 15.1. The van der Waals surface area contributed by atoms with Crippen molar-refractivity contribution in [3.8, 4) is 0 Å². The quantitative estimate of drug-likeness (QED) is 0.0976. The van der Waals surface area contributed by atoms with Gasteiger partial charge in [-0.15, -0.1) is 0 Å². The lowest BCUT2D eigenvalue weighted by molar-refractivity contribution is -0.131. The van der Waals surface area contributed by atoms with E-state index in [9.17, 15) is 19.2 Å². The van der Waals surface area contributed by atoms with Gasteiger partial charge in [0.1, 0.15) is 11.6 Å². The maximum atomic E-state index is 12.5. The van der Waals surface area contributed by atoms with Crippen LogP contribution in [0.1, 0.15) is 170 Å². The lowest BCUT2D eigenvalue weighted by atomic mass is 9.92. The summed E-state index contributed by atoms with van der Waals surface area (Å²) in [5, 5.41) is 0. The zero-order chi connectivity index (χ0) is 34.5. The first-order valence-electron chi connectivity index (χ1n) is 19.0. The fourth-order valence-corrected chi connectivity index (χ4v) is 7.13. The third-order valence-corrected chi connectivity index (χ3v) is 10.3. The number of likely N-dealkylation sites (tertiary alicyclic amines) is 2. The van der Waals surface area contributed by atoms with Gasteiger partial charge in [0.05, 0.1) is 24.9 Å². The summed E-state index contributed by atoms with van der Waals surface area (Å²) < 4.78 is 0. The highest BCUT2D eigenvalue weighted by molar-refractivity contribution is 6.02. The van der Waals surface area contributed by atoms with E-state index in [1.165, 1.54) is 38.5 Å². The Bertz CT molecular complexity index is 881. The van der Waals surface area contributed by atoms with Crippen LogP contribution in [0.15, 0.2) is 24.6 Å². The minimum Gasteiger partial charge on any atom is -0.365 e. The Hall–Kier alpha value is -2.24. The number of Topliss-reactive ketones (excluding diaryl/α,β-unsaturated/α-hetero) is 4. The standard InChI is InChI=1S/2C20H35NO2/c2*1-5-8-11-17(6-2)12-13-18(22)15-20(23)19(7-3)21-14-9-10-16(21)4/h2*17,19H,4-15H2,1-3H3/t17-,19+;17-,19-/m10/s1. The zero-order valence-corrected chi connectivity index (χ0v) is 30.8. The van der Waals surface area contributed by atoms with Crippen LogP contribution in [-0.4, -0.2) is 58.1 Å². The maximum Gasteiger partial charge on any atom is 0.162 e. The van der Waals surface area contributed by atoms with Gasteiger partial charge >= 0.3 is 0 Å². The van der Waals surface area contributed by atoms with E-state index in [2.05, 4.69) is 50.7 Å². The number of hydrogen-bond donors (Lipinski definition) is 0. The molecule has 46 heavy (non-hydrogen) atoms. The van der Waals surface area contributed by atoms with E-state index in [1.807, 2.05) is 13.8 Å². The second-order valence-electron chi connectivity index (χ2n) is 13.8. The van der Waals surface area contributed by atoms with E-state index < -0.39 is 0 Å². The summed E-state index contributed by atoms with van der Waals surface area (Å²) in [5.41, 5.74) is 2.12. The van der Waals surface area contributed by atoms with Crippen molar-refractivity contribution in [3.63, 3.8) is 0 Å². The van der Waals surface area contributed by atoms with Crippen molar-refractivity contribution in [2.75, 3.05) is 13.1 Å². The van der Waals surface area contributed by atoms with Crippen LogP contribution in [0.2, 0.25) is 0 Å². The van der Waals surface area contributed by atoms with Gasteiger partial charge in [0.25, 0.3) is 0 Å². The molecule has 6 nitrogen and oxygen atoms in total. The number of allylic oxidation sites excluding steroid dienone is 2. The van der Waals surface area contributed by atoms with E-state index >= 15 is 0 Å². The van der Waals surface area contributed by atoms with E-state index in [0.717, 1.165) is 88.7 Å². The van der Waals surface area contributed by atoms with Gasteiger partial charge in [-0.05, 0) is 63.2 Å². The molecule has 0 aromatic carbocycles. The lowest BCUT2D eigenvalue weighted by Gasteiger charge is -2.28. The molecule has 0 aromatic heterocycles. The van der Waals surface area contributed by atoms with Crippen LogP contribution in [-0.2, 0) is 19.2 Å². The van der Waals surface area contributed by atoms with E-state index in [-0.39, 0.29) is 48.1 Å². The van der Waals surface area contributed by atoms with Crippen molar-refractivity contribution >= 4 is 23.1 Å². The Morgan fingerprint density at radius 3 is 1.22 bits per heavy atom. The molecule has 0 N–H and O–H groups in total. The molecule has 2 aliphatic rings. The first-order chi connectivity index (χ1) is 22.1. The minimum absolute atomic E-state index is 0.0853. The molecule has 2 rings (SSSR count). The third-order valence-electron chi connectivity index (χ3n) is 10.3. The predicted molar refractivity (Wildman–Crippen MR) is 193 cm³/mol. The molecular weight excluding hydrogens is 572 g/mol.